The van der Waals surface area contributed by atoms with Crippen LogP contribution in [-0.4, -0.2) is 41.6 Å². The van der Waals surface area contributed by atoms with Gasteiger partial charge in [0.2, 0.25) is 5.91 Å². The first kappa shape index (κ1) is 13.8. The topological polar surface area (TPSA) is 54.3 Å². The predicted molar refractivity (Wildman–Crippen MR) is 73.9 cm³/mol. The van der Waals surface area contributed by atoms with Crippen molar-refractivity contribution in [2.75, 3.05) is 26.2 Å². The van der Waals surface area contributed by atoms with Crippen molar-refractivity contribution in [3.8, 4) is 0 Å². The van der Waals surface area contributed by atoms with Crippen LogP contribution in [0.15, 0.2) is 29.2 Å². The van der Waals surface area contributed by atoms with Crippen molar-refractivity contribution in [3.05, 3.63) is 34.7 Å². The zero-order valence-electron chi connectivity index (χ0n) is 11.6. The maximum absolute atomic E-state index is 12.5. The molecule has 1 aliphatic heterocycles. The highest BCUT2D eigenvalue weighted by atomic mass is 16.2. The minimum Gasteiger partial charge on any atom is -0.340 e. The molecule has 0 radical (unpaired) electrons. The molecule has 1 fully saturated rings. The fourth-order valence-corrected chi connectivity index (χ4v) is 2.38. The van der Waals surface area contributed by atoms with Crippen molar-refractivity contribution in [2.24, 2.45) is 5.41 Å². The third kappa shape index (κ3) is 3.23. The van der Waals surface area contributed by atoms with Gasteiger partial charge in [0.15, 0.2) is 0 Å². The Morgan fingerprint density at radius 2 is 2.00 bits per heavy atom. The van der Waals surface area contributed by atoms with Gasteiger partial charge in [0.05, 0.1) is 5.41 Å². The van der Waals surface area contributed by atoms with E-state index in [0.717, 1.165) is 26.2 Å². The number of carbonyl (C=O) groups excluding carboxylic acids is 1. The Balaban J connectivity index is 2.11. The van der Waals surface area contributed by atoms with E-state index in [4.69, 9.17) is 0 Å². The summed E-state index contributed by atoms with van der Waals surface area (Å²) in [5, 5.41) is 3.23. The molecular formula is C14H21N3O2. The molecule has 1 aliphatic rings. The summed E-state index contributed by atoms with van der Waals surface area (Å²) in [4.78, 5) is 26.1. The van der Waals surface area contributed by atoms with Gasteiger partial charge in [0.25, 0.3) is 5.56 Å². The highest BCUT2D eigenvalue weighted by molar-refractivity contribution is 5.82. The molecule has 1 saturated heterocycles. The molecule has 1 aromatic rings. The minimum atomic E-state index is -0.567. The van der Waals surface area contributed by atoms with Crippen LogP contribution in [0.4, 0.5) is 0 Å². The second kappa shape index (κ2) is 5.57. The molecule has 2 heterocycles. The van der Waals surface area contributed by atoms with Crippen molar-refractivity contribution in [2.45, 2.75) is 20.4 Å². The quantitative estimate of drug-likeness (QED) is 0.854. The highest BCUT2D eigenvalue weighted by Crippen LogP contribution is 2.21. The molecule has 1 N–H and O–H groups in total. The Morgan fingerprint density at radius 1 is 1.32 bits per heavy atom. The van der Waals surface area contributed by atoms with Gasteiger partial charge < -0.3 is 14.8 Å². The molecule has 0 aliphatic carbocycles. The Kier molecular flexibility index (Phi) is 4.04. The van der Waals surface area contributed by atoms with E-state index >= 15 is 0 Å². The Morgan fingerprint density at radius 3 is 2.63 bits per heavy atom. The molecule has 0 unspecified atom stereocenters. The Bertz CT molecular complexity index is 501. The lowest BCUT2D eigenvalue weighted by atomic mass is 9.91. The summed E-state index contributed by atoms with van der Waals surface area (Å²) < 4.78 is 1.60. The second-order valence-corrected chi connectivity index (χ2v) is 5.59. The van der Waals surface area contributed by atoms with Crippen molar-refractivity contribution in [1.82, 2.24) is 14.8 Å². The fourth-order valence-electron chi connectivity index (χ4n) is 2.38. The van der Waals surface area contributed by atoms with Crippen LogP contribution in [0.1, 0.15) is 13.8 Å². The van der Waals surface area contributed by atoms with Crippen molar-refractivity contribution < 1.29 is 4.79 Å². The van der Waals surface area contributed by atoms with Crippen LogP contribution in [0.25, 0.3) is 0 Å². The number of aromatic nitrogens is 1. The van der Waals surface area contributed by atoms with Crippen LogP contribution in [0.5, 0.6) is 0 Å². The van der Waals surface area contributed by atoms with Gasteiger partial charge in [-0.25, -0.2) is 0 Å². The SMILES string of the molecule is CC(C)(Cn1ccccc1=O)C(=O)N1CCNCC1. The van der Waals surface area contributed by atoms with E-state index < -0.39 is 5.41 Å². The molecule has 1 aromatic heterocycles. The largest absolute Gasteiger partial charge is 0.340 e. The smallest absolute Gasteiger partial charge is 0.250 e. The second-order valence-electron chi connectivity index (χ2n) is 5.59. The average molecular weight is 263 g/mol. The number of nitrogens with zero attached hydrogens (tertiary/aromatic N) is 2. The lowest BCUT2D eigenvalue weighted by molar-refractivity contribution is -0.141. The average Bonchev–Trinajstić information content (AvgIpc) is 2.41. The number of amides is 1. The number of rotatable bonds is 3. The summed E-state index contributed by atoms with van der Waals surface area (Å²) in [5.74, 6) is 0.116. The summed E-state index contributed by atoms with van der Waals surface area (Å²) in [6.07, 6.45) is 1.73. The fraction of sp³-hybridized carbons (Fsp3) is 0.571. The number of carbonyl (C=O) groups is 1. The van der Waals surface area contributed by atoms with Crippen LogP contribution < -0.4 is 10.9 Å². The van der Waals surface area contributed by atoms with Gasteiger partial charge in [0.1, 0.15) is 0 Å². The summed E-state index contributed by atoms with van der Waals surface area (Å²) in [5.41, 5.74) is -0.633. The van der Waals surface area contributed by atoms with E-state index in [0.29, 0.717) is 6.54 Å². The third-order valence-corrected chi connectivity index (χ3v) is 3.45. The standard InChI is InChI=1S/C14H21N3O2/c1-14(2,11-17-8-4-3-5-12(17)18)13(19)16-9-6-15-7-10-16/h3-5,8,15H,6-7,9-11H2,1-2H3. The first-order valence-electron chi connectivity index (χ1n) is 6.66. The molecule has 5 nitrogen and oxygen atoms in total. The lowest BCUT2D eigenvalue weighted by Gasteiger charge is -2.34. The van der Waals surface area contributed by atoms with Gasteiger partial charge in [-0.3, -0.25) is 9.59 Å². The van der Waals surface area contributed by atoms with Crippen LogP contribution in [0, 0.1) is 5.41 Å². The summed E-state index contributed by atoms with van der Waals surface area (Å²) in [7, 11) is 0. The number of hydrogen-bond donors (Lipinski definition) is 1. The van der Waals surface area contributed by atoms with Crippen LogP contribution in [0.2, 0.25) is 0 Å². The Labute approximate surface area is 113 Å². The molecular weight excluding hydrogens is 242 g/mol. The molecule has 19 heavy (non-hydrogen) atoms. The number of pyridine rings is 1. The first-order valence-corrected chi connectivity index (χ1v) is 6.66. The van der Waals surface area contributed by atoms with Gasteiger partial charge in [-0.2, -0.15) is 0 Å². The lowest BCUT2D eigenvalue weighted by Crippen LogP contribution is -2.51. The normalized spacial score (nSPS) is 16.4. The van der Waals surface area contributed by atoms with Gasteiger partial charge in [-0.05, 0) is 19.9 Å². The van der Waals surface area contributed by atoms with Crippen LogP contribution in [0.3, 0.4) is 0 Å². The number of nitrogens with one attached hydrogen (secondary N) is 1. The van der Waals surface area contributed by atoms with Gasteiger partial charge in [-0.1, -0.05) is 6.07 Å². The van der Waals surface area contributed by atoms with E-state index in [-0.39, 0.29) is 11.5 Å². The maximum Gasteiger partial charge on any atom is 0.250 e. The van der Waals surface area contributed by atoms with E-state index in [1.807, 2.05) is 24.8 Å². The maximum atomic E-state index is 12.5. The van der Waals surface area contributed by atoms with E-state index in [1.165, 1.54) is 6.07 Å². The number of hydrogen-bond acceptors (Lipinski definition) is 3. The van der Waals surface area contributed by atoms with E-state index in [2.05, 4.69) is 5.32 Å². The van der Waals surface area contributed by atoms with Gasteiger partial charge in [0, 0.05) is 45.0 Å². The van der Waals surface area contributed by atoms with Gasteiger partial charge in [-0.15, -0.1) is 0 Å². The van der Waals surface area contributed by atoms with Crippen molar-refractivity contribution >= 4 is 5.91 Å². The van der Waals surface area contributed by atoms with Crippen LogP contribution >= 0.6 is 0 Å². The van der Waals surface area contributed by atoms with E-state index in [1.54, 1.807) is 16.8 Å². The van der Waals surface area contributed by atoms with Crippen LogP contribution in [-0.2, 0) is 11.3 Å². The summed E-state index contributed by atoms with van der Waals surface area (Å²) in [6, 6.07) is 5.04. The molecule has 5 heteroatoms. The van der Waals surface area contributed by atoms with Crippen molar-refractivity contribution in [1.29, 1.82) is 0 Å². The van der Waals surface area contributed by atoms with E-state index in [9.17, 15) is 9.59 Å². The molecule has 1 amide bonds. The zero-order valence-corrected chi connectivity index (χ0v) is 11.6. The monoisotopic (exact) mass is 263 g/mol. The Hall–Kier alpha value is -1.62. The molecule has 0 aromatic carbocycles. The predicted octanol–water partition coefficient (Wildman–Crippen LogP) is 0.306. The molecule has 0 spiro atoms. The molecule has 2 rings (SSSR count). The summed E-state index contributed by atoms with van der Waals surface area (Å²) >= 11 is 0. The molecule has 0 saturated carbocycles. The zero-order chi connectivity index (χ0) is 13.9. The first-order chi connectivity index (χ1) is 9.00. The van der Waals surface area contributed by atoms with Gasteiger partial charge >= 0.3 is 0 Å². The molecule has 104 valence electrons. The summed E-state index contributed by atoms with van der Waals surface area (Å²) in [6.45, 7) is 7.38. The number of piperazine rings is 1. The highest BCUT2D eigenvalue weighted by Gasteiger charge is 2.33. The molecule has 0 bridgehead atoms. The third-order valence-electron chi connectivity index (χ3n) is 3.45. The van der Waals surface area contributed by atoms with Crippen molar-refractivity contribution in [3.63, 3.8) is 0 Å². The molecule has 0 atom stereocenters. The minimum absolute atomic E-state index is 0.0660.